The van der Waals surface area contributed by atoms with Crippen molar-refractivity contribution in [3.05, 3.63) is 107 Å². The second kappa shape index (κ2) is 9.46. The zero-order valence-corrected chi connectivity index (χ0v) is 17.5. The lowest BCUT2D eigenvalue weighted by Crippen LogP contribution is -2.28. The lowest BCUT2D eigenvalue weighted by Gasteiger charge is -2.15. The van der Waals surface area contributed by atoms with Gasteiger partial charge in [-0.1, -0.05) is 72.8 Å². The van der Waals surface area contributed by atoms with E-state index < -0.39 is 0 Å². The molecule has 0 spiro atoms. The smallest absolute Gasteiger partial charge is 0.267 e. The number of aliphatic imine (C=N–C) groups is 1. The zero-order valence-electron chi connectivity index (χ0n) is 16.7. The van der Waals surface area contributed by atoms with Crippen molar-refractivity contribution in [2.45, 2.75) is 13.1 Å². The monoisotopic (exact) mass is 414 g/mol. The molecule has 1 saturated heterocycles. The minimum atomic E-state index is -0.0292. The predicted molar refractivity (Wildman–Crippen MR) is 123 cm³/mol. The Kier molecular flexibility index (Phi) is 6.30. The molecule has 4 nitrogen and oxygen atoms in total. The van der Waals surface area contributed by atoms with E-state index in [0.717, 1.165) is 27.6 Å². The van der Waals surface area contributed by atoms with E-state index in [9.17, 15) is 4.79 Å². The van der Waals surface area contributed by atoms with Gasteiger partial charge in [0.25, 0.3) is 5.91 Å². The number of ether oxygens (including phenoxy) is 1. The van der Waals surface area contributed by atoms with Crippen LogP contribution in [0.5, 0.6) is 5.75 Å². The summed E-state index contributed by atoms with van der Waals surface area (Å²) in [5.74, 6) is 0.734. The fourth-order valence-corrected chi connectivity index (χ4v) is 4.13. The number of amides is 1. The lowest BCUT2D eigenvalue weighted by atomic mass is 10.2. The maximum absolute atomic E-state index is 13.2. The third-order valence-corrected chi connectivity index (χ3v) is 5.75. The van der Waals surface area contributed by atoms with Gasteiger partial charge in [0.1, 0.15) is 5.75 Å². The molecule has 1 amide bonds. The Morgan fingerprint density at radius 1 is 0.933 bits per heavy atom. The fourth-order valence-electron chi connectivity index (χ4n) is 3.16. The van der Waals surface area contributed by atoms with Crippen LogP contribution in [0.1, 0.15) is 16.7 Å². The molecule has 0 radical (unpaired) electrons. The SMILES string of the molecule is COc1cccc(/C=C2/SC(=NCc3ccccc3)N(Cc3ccccc3)C2=O)c1. The number of thioether (sulfide) groups is 1. The van der Waals surface area contributed by atoms with Gasteiger partial charge in [-0.25, -0.2) is 0 Å². The average molecular weight is 415 g/mol. The third-order valence-electron chi connectivity index (χ3n) is 4.70. The first-order valence-electron chi connectivity index (χ1n) is 9.71. The van der Waals surface area contributed by atoms with Crippen LogP contribution in [-0.2, 0) is 17.9 Å². The van der Waals surface area contributed by atoms with Gasteiger partial charge in [0.2, 0.25) is 0 Å². The number of nitrogens with zero attached hydrogens (tertiary/aromatic N) is 2. The van der Waals surface area contributed by atoms with Crippen molar-refractivity contribution in [3.63, 3.8) is 0 Å². The van der Waals surface area contributed by atoms with Crippen LogP contribution in [0.15, 0.2) is 94.8 Å². The molecule has 1 aliphatic heterocycles. The zero-order chi connectivity index (χ0) is 20.8. The van der Waals surface area contributed by atoms with Crippen molar-refractivity contribution < 1.29 is 9.53 Å². The van der Waals surface area contributed by atoms with Crippen LogP contribution in [0.25, 0.3) is 6.08 Å². The number of carbonyl (C=O) groups excluding carboxylic acids is 1. The van der Waals surface area contributed by atoms with Crippen LogP contribution >= 0.6 is 11.8 Å². The molecule has 5 heteroatoms. The van der Waals surface area contributed by atoms with Crippen molar-refractivity contribution in [1.29, 1.82) is 0 Å². The molecular formula is C25H22N2O2S. The summed E-state index contributed by atoms with van der Waals surface area (Å²) < 4.78 is 5.30. The van der Waals surface area contributed by atoms with E-state index in [-0.39, 0.29) is 5.91 Å². The first kappa shape index (κ1) is 20.0. The Bertz CT molecular complexity index is 1080. The average Bonchev–Trinajstić information content (AvgIpc) is 3.08. The van der Waals surface area contributed by atoms with Crippen molar-refractivity contribution in [3.8, 4) is 5.75 Å². The highest BCUT2D eigenvalue weighted by Gasteiger charge is 2.33. The van der Waals surface area contributed by atoms with Gasteiger partial charge in [-0.3, -0.25) is 14.7 Å². The molecule has 0 unspecified atom stereocenters. The van der Waals surface area contributed by atoms with Crippen molar-refractivity contribution in [2.75, 3.05) is 7.11 Å². The van der Waals surface area contributed by atoms with Crippen molar-refractivity contribution in [2.24, 2.45) is 4.99 Å². The molecular weight excluding hydrogens is 392 g/mol. The summed E-state index contributed by atoms with van der Waals surface area (Å²) >= 11 is 1.42. The first-order chi connectivity index (χ1) is 14.7. The van der Waals surface area contributed by atoms with Crippen LogP contribution < -0.4 is 4.74 Å². The summed E-state index contributed by atoms with van der Waals surface area (Å²) in [5.41, 5.74) is 3.11. The lowest BCUT2D eigenvalue weighted by molar-refractivity contribution is -0.122. The molecule has 0 bridgehead atoms. The maximum Gasteiger partial charge on any atom is 0.267 e. The molecule has 4 rings (SSSR count). The highest BCUT2D eigenvalue weighted by Crippen LogP contribution is 2.34. The molecule has 1 heterocycles. The third kappa shape index (κ3) is 4.81. The van der Waals surface area contributed by atoms with Crippen LogP contribution in [0.3, 0.4) is 0 Å². The number of benzene rings is 3. The summed E-state index contributed by atoms with van der Waals surface area (Å²) in [7, 11) is 1.64. The standard InChI is InChI=1S/C25H22N2O2S/c1-29-22-14-8-13-21(15-22)16-23-24(28)27(18-20-11-6-3-7-12-20)25(30-23)26-17-19-9-4-2-5-10-19/h2-16H,17-18H2,1H3/b23-16+,26-25?. The van der Waals surface area contributed by atoms with E-state index >= 15 is 0 Å². The van der Waals surface area contributed by atoms with Crippen molar-refractivity contribution >= 4 is 28.9 Å². The van der Waals surface area contributed by atoms with Gasteiger partial charge in [-0.05, 0) is 46.7 Å². The molecule has 30 heavy (non-hydrogen) atoms. The molecule has 0 aromatic heterocycles. The van der Waals surface area contributed by atoms with Gasteiger partial charge in [0.05, 0.1) is 25.1 Å². The van der Waals surface area contributed by atoms with Gasteiger partial charge in [0.15, 0.2) is 5.17 Å². The molecule has 3 aromatic carbocycles. The van der Waals surface area contributed by atoms with E-state index in [1.54, 1.807) is 12.0 Å². The van der Waals surface area contributed by atoms with E-state index in [2.05, 4.69) is 0 Å². The quantitative estimate of drug-likeness (QED) is 0.510. The first-order valence-corrected chi connectivity index (χ1v) is 10.5. The normalized spacial score (nSPS) is 16.4. The van der Waals surface area contributed by atoms with Crippen LogP contribution in [0.2, 0.25) is 0 Å². The summed E-state index contributed by atoms with van der Waals surface area (Å²) in [4.78, 5) is 20.4. The maximum atomic E-state index is 13.2. The Morgan fingerprint density at radius 3 is 2.33 bits per heavy atom. The predicted octanol–water partition coefficient (Wildman–Crippen LogP) is 5.37. The molecule has 0 N–H and O–H groups in total. The van der Waals surface area contributed by atoms with E-state index in [1.807, 2.05) is 91.0 Å². The summed E-state index contributed by atoms with van der Waals surface area (Å²) in [6.45, 7) is 1.03. The van der Waals surface area contributed by atoms with Gasteiger partial charge < -0.3 is 4.74 Å². The number of hydrogen-bond donors (Lipinski definition) is 0. The van der Waals surface area contributed by atoms with Gasteiger partial charge >= 0.3 is 0 Å². The molecule has 1 aliphatic rings. The van der Waals surface area contributed by atoms with Crippen LogP contribution in [0, 0.1) is 0 Å². The minimum absolute atomic E-state index is 0.0292. The largest absolute Gasteiger partial charge is 0.497 e. The number of amidine groups is 1. The Balaban J connectivity index is 1.63. The number of rotatable bonds is 6. The van der Waals surface area contributed by atoms with Gasteiger partial charge in [-0.15, -0.1) is 0 Å². The molecule has 0 saturated carbocycles. The Morgan fingerprint density at radius 2 is 1.63 bits per heavy atom. The molecule has 0 aliphatic carbocycles. The minimum Gasteiger partial charge on any atom is -0.497 e. The number of hydrogen-bond acceptors (Lipinski definition) is 4. The fraction of sp³-hybridized carbons (Fsp3) is 0.120. The van der Waals surface area contributed by atoms with E-state index in [0.29, 0.717) is 18.0 Å². The Hall–Kier alpha value is -3.31. The molecule has 3 aromatic rings. The van der Waals surface area contributed by atoms with Crippen LogP contribution in [-0.4, -0.2) is 23.1 Å². The molecule has 150 valence electrons. The molecule has 1 fully saturated rings. The van der Waals surface area contributed by atoms with Gasteiger partial charge in [0, 0.05) is 0 Å². The summed E-state index contributed by atoms with van der Waals surface area (Å²) in [6, 6.07) is 27.7. The topological polar surface area (TPSA) is 41.9 Å². The summed E-state index contributed by atoms with van der Waals surface area (Å²) in [5, 5.41) is 0.724. The van der Waals surface area contributed by atoms with E-state index in [4.69, 9.17) is 9.73 Å². The summed E-state index contributed by atoms with van der Waals surface area (Å²) in [6.07, 6.45) is 1.90. The van der Waals surface area contributed by atoms with E-state index in [1.165, 1.54) is 11.8 Å². The van der Waals surface area contributed by atoms with Crippen molar-refractivity contribution in [1.82, 2.24) is 4.90 Å². The Labute approximate surface area is 180 Å². The second-order valence-electron chi connectivity index (χ2n) is 6.85. The number of carbonyl (C=O) groups is 1. The number of methoxy groups -OCH3 is 1. The second-order valence-corrected chi connectivity index (χ2v) is 7.86. The molecule has 0 atom stereocenters. The highest BCUT2D eigenvalue weighted by atomic mass is 32.2. The van der Waals surface area contributed by atoms with Gasteiger partial charge in [-0.2, -0.15) is 0 Å². The highest BCUT2D eigenvalue weighted by molar-refractivity contribution is 8.18. The van der Waals surface area contributed by atoms with Crippen LogP contribution in [0.4, 0.5) is 0 Å².